The van der Waals surface area contributed by atoms with Crippen LogP contribution >= 0.6 is 15.9 Å². The summed E-state index contributed by atoms with van der Waals surface area (Å²) in [6.45, 7) is 5.59. The average Bonchev–Trinajstić information content (AvgIpc) is 2.56. The quantitative estimate of drug-likeness (QED) is 0.816. The van der Waals surface area contributed by atoms with Crippen molar-refractivity contribution in [3.05, 3.63) is 47.2 Å². The molecule has 0 aliphatic carbocycles. The van der Waals surface area contributed by atoms with Crippen molar-refractivity contribution >= 4 is 21.9 Å². The Morgan fingerprint density at radius 3 is 2.55 bits per heavy atom. The molecule has 1 aliphatic rings. The minimum absolute atomic E-state index is 0.707. The number of rotatable bonds is 5. The van der Waals surface area contributed by atoms with Crippen molar-refractivity contribution in [1.82, 2.24) is 14.9 Å². The summed E-state index contributed by atoms with van der Waals surface area (Å²) < 4.78 is 6.83. The standard InChI is InChI=1S/C16H19BrN4O/c17-14-3-1-4-15(13-14)22-12-11-20-7-9-21(10-8-20)16-18-5-2-6-19-16/h1-6,13H,7-12H2. The van der Waals surface area contributed by atoms with Gasteiger partial charge in [0.25, 0.3) is 0 Å². The largest absolute Gasteiger partial charge is 0.492 e. The monoisotopic (exact) mass is 362 g/mol. The number of anilines is 1. The van der Waals surface area contributed by atoms with E-state index in [-0.39, 0.29) is 0 Å². The van der Waals surface area contributed by atoms with Crippen LogP contribution in [0.1, 0.15) is 0 Å². The number of benzene rings is 1. The highest BCUT2D eigenvalue weighted by Gasteiger charge is 2.18. The highest BCUT2D eigenvalue weighted by atomic mass is 79.9. The van der Waals surface area contributed by atoms with Crippen molar-refractivity contribution in [2.45, 2.75) is 0 Å². The number of hydrogen-bond acceptors (Lipinski definition) is 5. The maximum absolute atomic E-state index is 5.79. The van der Waals surface area contributed by atoms with Gasteiger partial charge in [-0.25, -0.2) is 9.97 Å². The van der Waals surface area contributed by atoms with E-state index in [2.05, 4.69) is 35.7 Å². The van der Waals surface area contributed by atoms with E-state index in [0.717, 1.165) is 48.9 Å². The summed E-state index contributed by atoms with van der Waals surface area (Å²) in [6, 6.07) is 9.80. The van der Waals surface area contributed by atoms with Gasteiger partial charge in [-0.3, -0.25) is 4.90 Å². The van der Waals surface area contributed by atoms with Crippen molar-refractivity contribution in [3.8, 4) is 5.75 Å². The van der Waals surface area contributed by atoms with Gasteiger partial charge in [-0.1, -0.05) is 22.0 Å². The summed E-state index contributed by atoms with van der Waals surface area (Å²) in [5.41, 5.74) is 0. The molecule has 0 unspecified atom stereocenters. The fraction of sp³-hybridized carbons (Fsp3) is 0.375. The van der Waals surface area contributed by atoms with Crippen LogP contribution in [0.2, 0.25) is 0 Å². The molecule has 1 fully saturated rings. The van der Waals surface area contributed by atoms with E-state index in [0.29, 0.717) is 6.61 Å². The van der Waals surface area contributed by atoms with Gasteiger partial charge in [0, 0.05) is 49.6 Å². The van der Waals surface area contributed by atoms with Crippen molar-refractivity contribution in [2.24, 2.45) is 0 Å². The van der Waals surface area contributed by atoms with Gasteiger partial charge < -0.3 is 9.64 Å². The molecule has 2 aromatic rings. The predicted molar refractivity (Wildman–Crippen MR) is 90.3 cm³/mol. The van der Waals surface area contributed by atoms with Crippen LogP contribution in [0.4, 0.5) is 5.95 Å². The van der Waals surface area contributed by atoms with E-state index in [1.807, 2.05) is 30.3 Å². The molecule has 0 amide bonds. The third-order valence-corrected chi connectivity index (χ3v) is 4.17. The van der Waals surface area contributed by atoms with Gasteiger partial charge in [-0.05, 0) is 24.3 Å². The fourth-order valence-electron chi connectivity index (χ4n) is 2.48. The van der Waals surface area contributed by atoms with Crippen molar-refractivity contribution in [2.75, 3.05) is 44.2 Å². The molecule has 0 saturated carbocycles. The Bertz CT molecular complexity index is 588. The maximum Gasteiger partial charge on any atom is 0.225 e. The molecule has 2 heterocycles. The van der Waals surface area contributed by atoms with Crippen molar-refractivity contribution < 1.29 is 4.74 Å². The van der Waals surface area contributed by atoms with Gasteiger partial charge in [-0.2, -0.15) is 0 Å². The summed E-state index contributed by atoms with van der Waals surface area (Å²) >= 11 is 3.45. The lowest BCUT2D eigenvalue weighted by Crippen LogP contribution is -2.48. The van der Waals surface area contributed by atoms with Crippen molar-refractivity contribution in [1.29, 1.82) is 0 Å². The van der Waals surface area contributed by atoms with Gasteiger partial charge in [0.05, 0.1) is 0 Å². The number of nitrogens with zero attached hydrogens (tertiary/aromatic N) is 4. The Kier molecular flexibility index (Phi) is 5.24. The molecule has 1 aliphatic heterocycles. The van der Waals surface area contributed by atoms with E-state index >= 15 is 0 Å². The van der Waals surface area contributed by atoms with E-state index in [4.69, 9.17) is 4.74 Å². The smallest absolute Gasteiger partial charge is 0.225 e. The molecule has 6 heteroatoms. The van der Waals surface area contributed by atoms with E-state index < -0.39 is 0 Å². The lowest BCUT2D eigenvalue weighted by Gasteiger charge is -2.34. The second-order valence-corrected chi connectivity index (χ2v) is 6.10. The molecule has 0 radical (unpaired) electrons. The van der Waals surface area contributed by atoms with Crippen LogP contribution in [0.25, 0.3) is 0 Å². The number of piperazine rings is 1. The first-order valence-corrected chi connectivity index (χ1v) is 8.23. The third kappa shape index (κ3) is 4.18. The molecule has 5 nitrogen and oxygen atoms in total. The first-order valence-electron chi connectivity index (χ1n) is 7.44. The number of halogens is 1. The molecule has 0 atom stereocenters. The van der Waals surface area contributed by atoms with Crippen LogP contribution in [-0.2, 0) is 0 Å². The topological polar surface area (TPSA) is 41.5 Å². The molecule has 1 saturated heterocycles. The number of hydrogen-bond donors (Lipinski definition) is 0. The number of ether oxygens (including phenoxy) is 1. The van der Waals surface area contributed by atoms with Crippen molar-refractivity contribution in [3.63, 3.8) is 0 Å². The molecular formula is C16H19BrN4O. The second kappa shape index (κ2) is 7.56. The minimum Gasteiger partial charge on any atom is -0.492 e. The Hall–Kier alpha value is -1.66. The van der Waals surface area contributed by atoms with E-state index in [9.17, 15) is 0 Å². The molecule has 1 aromatic carbocycles. The lowest BCUT2D eigenvalue weighted by molar-refractivity contribution is 0.200. The van der Waals surface area contributed by atoms with Gasteiger partial charge in [0.2, 0.25) is 5.95 Å². The van der Waals surface area contributed by atoms with Crippen LogP contribution < -0.4 is 9.64 Å². The summed E-state index contributed by atoms with van der Waals surface area (Å²) in [5, 5.41) is 0. The first-order chi connectivity index (χ1) is 10.8. The van der Waals surface area contributed by atoms with Gasteiger partial charge in [0.15, 0.2) is 0 Å². The van der Waals surface area contributed by atoms with Crippen LogP contribution in [0, 0.1) is 0 Å². The molecule has 3 rings (SSSR count). The highest BCUT2D eigenvalue weighted by molar-refractivity contribution is 9.10. The normalized spacial score (nSPS) is 15.8. The van der Waals surface area contributed by atoms with E-state index in [1.165, 1.54) is 0 Å². The summed E-state index contributed by atoms with van der Waals surface area (Å²) in [6.07, 6.45) is 3.58. The molecule has 0 spiro atoms. The van der Waals surface area contributed by atoms with Crippen LogP contribution in [0.3, 0.4) is 0 Å². The van der Waals surface area contributed by atoms with Gasteiger partial charge in [-0.15, -0.1) is 0 Å². The Labute approximate surface area is 139 Å². The molecule has 0 N–H and O–H groups in total. The number of aromatic nitrogens is 2. The molecule has 0 bridgehead atoms. The summed E-state index contributed by atoms with van der Waals surface area (Å²) in [5.74, 6) is 1.73. The molecular weight excluding hydrogens is 344 g/mol. The first kappa shape index (κ1) is 15.2. The van der Waals surface area contributed by atoms with Gasteiger partial charge >= 0.3 is 0 Å². The summed E-state index contributed by atoms with van der Waals surface area (Å²) in [7, 11) is 0. The van der Waals surface area contributed by atoms with E-state index in [1.54, 1.807) is 12.4 Å². The van der Waals surface area contributed by atoms with Gasteiger partial charge in [0.1, 0.15) is 12.4 Å². The average molecular weight is 363 g/mol. The zero-order valence-electron chi connectivity index (χ0n) is 12.4. The Morgan fingerprint density at radius 1 is 1.05 bits per heavy atom. The highest BCUT2D eigenvalue weighted by Crippen LogP contribution is 2.17. The summed E-state index contributed by atoms with van der Waals surface area (Å²) in [4.78, 5) is 13.3. The zero-order valence-corrected chi connectivity index (χ0v) is 13.9. The lowest BCUT2D eigenvalue weighted by atomic mass is 10.3. The second-order valence-electron chi connectivity index (χ2n) is 5.18. The minimum atomic E-state index is 0.707. The Morgan fingerprint density at radius 2 is 1.82 bits per heavy atom. The third-order valence-electron chi connectivity index (χ3n) is 3.68. The predicted octanol–water partition coefficient (Wildman–Crippen LogP) is 2.44. The van der Waals surface area contributed by atoms with Crippen LogP contribution in [-0.4, -0.2) is 54.2 Å². The zero-order chi connectivity index (χ0) is 15.2. The molecule has 22 heavy (non-hydrogen) atoms. The van der Waals surface area contributed by atoms with Crippen LogP contribution in [0.15, 0.2) is 47.2 Å². The SMILES string of the molecule is Brc1cccc(OCCN2CCN(c3ncccn3)CC2)c1. The Balaban J connectivity index is 1.41. The molecule has 1 aromatic heterocycles. The molecule has 116 valence electrons. The van der Waals surface area contributed by atoms with Crippen LogP contribution in [0.5, 0.6) is 5.75 Å². The fourth-order valence-corrected chi connectivity index (χ4v) is 2.85. The maximum atomic E-state index is 5.79.